The maximum atomic E-state index is 13.5. The summed E-state index contributed by atoms with van der Waals surface area (Å²) in [5, 5.41) is 8.69. The lowest BCUT2D eigenvalue weighted by atomic mass is 10.1. The molecule has 0 radical (unpaired) electrons. The van der Waals surface area contributed by atoms with Gasteiger partial charge in [-0.15, -0.1) is 0 Å². The van der Waals surface area contributed by atoms with Crippen LogP contribution >= 0.6 is 0 Å². The maximum absolute atomic E-state index is 13.5. The third-order valence-corrected chi connectivity index (χ3v) is 3.59. The van der Waals surface area contributed by atoms with Gasteiger partial charge in [0.2, 0.25) is 0 Å². The molecule has 1 aromatic carbocycles. The zero-order chi connectivity index (χ0) is 15.2. The standard InChI is InChI=1S/C15H19F2NO3/c16-12-2-1-3-13(17)15(12)14(20)10-18-6-4-11(5-7-18)21-9-8-19/h1-3,11,19H,4-10H2. The number of likely N-dealkylation sites (tertiary alicyclic amines) is 1. The Morgan fingerprint density at radius 3 is 2.48 bits per heavy atom. The van der Waals surface area contributed by atoms with Crippen LogP contribution < -0.4 is 0 Å². The number of hydrogen-bond donors (Lipinski definition) is 1. The lowest BCUT2D eigenvalue weighted by molar-refractivity contribution is -0.00693. The van der Waals surface area contributed by atoms with Crippen LogP contribution in [0.15, 0.2) is 18.2 Å². The van der Waals surface area contributed by atoms with E-state index in [1.54, 1.807) is 0 Å². The highest BCUT2D eigenvalue weighted by atomic mass is 19.1. The Labute approximate surface area is 122 Å². The van der Waals surface area contributed by atoms with Gasteiger partial charge in [-0.05, 0) is 25.0 Å². The number of halogens is 2. The fourth-order valence-electron chi connectivity index (χ4n) is 2.50. The predicted molar refractivity (Wildman–Crippen MR) is 73.2 cm³/mol. The van der Waals surface area contributed by atoms with Gasteiger partial charge in [-0.3, -0.25) is 9.69 Å². The van der Waals surface area contributed by atoms with Crippen molar-refractivity contribution in [2.75, 3.05) is 32.8 Å². The number of hydrogen-bond acceptors (Lipinski definition) is 4. The molecule has 1 heterocycles. The predicted octanol–water partition coefficient (Wildman–Crippen LogP) is 1.62. The minimum Gasteiger partial charge on any atom is -0.394 e. The molecule has 4 nitrogen and oxygen atoms in total. The largest absolute Gasteiger partial charge is 0.394 e. The minimum atomic E-state index is -0.818. The molecule has 0 bridgehead atoms. The number of piperidine rings is 1. The van der Waals surface area contributed by atoms with Gasteiger partial charge in [0.05, 0.1) is 31.4 Å². The Morgan fingerprint density at radius 2 is 1.90 bits per heavy atom. The van der Waals surface area contributed by atoms with E-state index in [4.69, 9.17) is 9.84 Å². The highest BCUT2D eigenvalue weighted by molar-refractivity contribution is 5.98. The van der Waals surface area contributed by atoms with Crippen LogP contribution in [0.5, 0.6) is 0 Å². The average molecular weight is 299 g/mol. The third kappa shape index (κ3) is 4.30. The molecule has 0 atom stereocenters. The number of carbonyl (C=O) groups excluding carboxylic acids is 1. The molecule has 116 valence electrons. The summed E-state index contributed by atoms with van der Waals surface area (Å²) in [5.41, 5.74) is -0.462. The molecule has 1 aromatic rings. The second-order valence-corrected chi connectivity index (χ2v) is 5.09. The van der Waals surface area contributed by atoms with E-state index in [-0.39, 0.29) is 19.3 Å². The third-order valence-electron chi connectivity index (χ3n) is 3.59. The fourth-order valence-corrected chi connectivity index (χ4v) is 2.50. The molecule has 21 heavy (non-hydrogen) atoms. The van der Waals surface area contributed by atoms with E-state index < -0.39 is 23.0 Å². The number of carbonyl (C=O) groups is 1. The fraction of sp³-hybridized carbons (Fsp3) is 0.533. The molecule has 1 aliphatic rings. The summed E-state index contributed by atoms with van der Waals surface area (Å²) in [6, 6.07) is 3.42. The maximum Gasteiger partial charge on any atom is 0.182 e. The van der Waals surface area contributed by atoms with E-state index in [1.807, 2.05) is 4.90 Å². The van der Waals surface area contributed by atoms with Gasteiger partial charge in [0, 0.05) is 13.1 Å². The summed E-state index contributed by atoms with van der Waals surface area (Å²) in [7, 11) is 0. The Bertz CT molecular complexity index is 468. The van der Waals surface area contributed by atoms with Crippen molar-refractivity contribution in [3.8, 4) is 0 Å². The number of benzene rings is 1. The molecule has 0 amide bonds. The molecule has 1 saturated heterocycles. The van der Waals surface area contributed by atoms with Crippen molar-refractivity contribution in [3.05, 3.63) is 35.4 Å². The van der Waals surface area contributed by atoms with Gasteiger partial charge in [0.25, 0.3) is 0 Å². The number of ketones is 1. The summed E-state index contributed by atoms with van der Waals surface area (Å²) in [4.78, 5) is 13.9. The van der Waals surface area contributed by atoms with E-state index in [2.05, 4.69) is 0 Å². The van der Waals surface area contributed by atoms with Crippen molar-refractivity contribution in [2.45, 2.75) is 18.9 Å². The van der Waals surface area contributed by atoms with Crippen molar-refractivity contribution in [3.63, 3.8) is 0 Å². The first-order valence-electron chi connectivity index (χ1n) is 7.04. The Kier molecular flexibility index (Phi) is 5.78. The van der Waals surface area contributed by atoms with Gasteiger partial charge in [0.15, 0.2) is 5.78 Å². The summed E-state index contributed by atoms with van der Waals surface area (Å²) >= 11 is 0. The highest BCUT2D eigenvalue weighted by Crippen LogP contribution is 2.17. The SMILES string of the molecule is O=C(CN1CCC(OCCO)CC1)c1c(F)cccc1F. The number of Topliss-reactive ketones (excluding diaryl/α,β-unsaturated/α-hetero) is 1. The summed E-state index contributed by atoms with van der Waals surface area (Å²) in [6.45, 7) is 1.58. The van der Waals surface area contributed by atoms with Crippen LogP contribution in [0, 0.1) is 11.6 Å². The first-order valence-corrected chi connectivity index (χ1v) is 7.04. The van der Waals surface area contributed by atoms with E-state index in [9.17, 15) is 13.6 Å². The summed E-state index contributed by atoms with van der Waals surface area (Å²) in [5.74, 6) is -2.18. The molecule has 2 rings (SSSR count). The summed E-state index contributed by atoms with van der Waals surface area (Å²) in [6.07, 6.45) is 1.56. The van der Waals surface area contributed by atoms with Gasteiger partial charge >= 0.3 is 0 Å². The van der Waals surface area contributed by atoms with Crippen LogP contribution in [0.4, 0.5) is 8.78 Å². The monoisotopic (exact) mass is 299 g/mol. The van der Waals surface area contributed by atoms with Crippen LogP contribution in [-0.4, -0.2) is 54.7 Å². The van der Waals surface area contributed by atoms with Gasteiger partial charge in [-0.2, -0.15) is 0 Å². The molecule has 1 fully saturated rings. The molecule has 1 aliphatic heterocycles. The van der Waals surface area contributed by atoms with Gasteiger partial charge in [-0.1, -0.05) is 6.07 Å². The smallest absolute Gasteiger partial charge is 0.182 e. The molecular weight excluding hydrogens is 280 g/mol. The highest BCUT2D eigenvalue weighted by Gasteiger charge is 2.24. The van der Waals surface area contributed by atoms with Crippen molar-refractivity contribution >= 4 is 5.78 Å². The molecule has 1 N–H and O–H groups in total. The van der Waals surface area contributed by atoms with Crippen LogP contribution in [0.3, 0.4) is 0 Å². The molecular formula is C15H19F2NO3. The van der Waals surface area contributed by atoms with Crippen LogP contribution in [0.2, 0.25) is 0 Å². The topological polar surface area (TPSA) is 49.8 Å². The zero-order valence-electron chi connectivity index (χ0n) is 11.7. The lowest BCUT2D eigenvalue weighted by Crippen LogP contribution is -2.40. The molecule has 0 aromatic heterocycles. The lowest BCUT2D eigenvalue weighted by Gasteiger charge is -2.31. The van der Waals surface area contributed by atoms with Gasteiger partial charge < -0.3 is 9.84 Å². The van der Waals surface area contributed by atoms with Crippen molar-refractivity contribution in [1.82, 2.24) is 4.90 Å². The average Bonchev–Trinajstić information content (AvgIpc) is 2.46. The second kappa shape index (κ2) is 7.59. The number of ether oxygens (including phenoxy) is 1. The van der Waals surface area contributed by atoms with Gasteiger partial charge in [-0.25, -0.2) is 8.78 Å². The number of aliphatic hydroxyl groups excluding tert-OH is 1. The van der Waals surface area contributed by atoms with Crippen molar-refractivity contribution < 1.29 is 23.4 Å². The normalized spacial score (nSPS) is 17.1. The molecule has 6 heteroatoms. The molecule has 0 spiro atoms. The van der Waals surface area contributed by atoms with E-state index >= 15 is 0 Å². The van der Waals surface area contributed by atoms with Crippen molar-refractivity contribution in [1.29, 1.82) is 0 Å². The van der Waals surface area contributed by atoms with Crippen molar-refractivity contribution in [2.24, 2.45) is 0 Å². The van der Waals surface area contributed by atoms with Crippen LogP contribution in [0.25, 0.3) is 0 Å². The Morgan fingerprint density at radius 1 is 1.29 bits per heavy atom. The number of rotatable bonds is 6. The Balaban J connectivity index is 1.87. The van der Waals surface area contributed by atoms with Gasteiger partial charge in [0.1, 0.15) is 11.6 Å². The van der Waals surface area contributed by atoms with E-state index in [0.29, 0.717) is 19.7 Å². The van der Waals surface area contributed by atoms with Crippen LogP contribution in [0.1, 0.15) is 23.2 Å². The first-order chi connectivity index (χ1) is 10.1. The molecule has 0 unspecified atom stereocenters. The zero-order valence-corrected chi connectivity index (χ0v) is 11.7. The van der Waals surface area contributed by atoms with E-state index in [0.717, 1.165) is 25.0 Å². The van der Waals surface area contributed by atoms with Crippen LogP contribution in [-0.2, 0) is 4.74 Å². The molecule has 0 aliphatic carbocycles. The quantitative estimate of drug-likeness (QED) is 0.811. The number of aliphatic hydroxyl groups is 1. The minimum absolute atomic E-state index is 0.00454. The second-order valence-electron chi connectivity index (χ2n) is 5.09. The molecule has 0 saturated carbocycles. The Hall–Kier alpha value is -1.37. The number of nitrogens with zero attached hydrogens (tertiary/aromatic N) is 1. The van der Waals surface area contributed by atoms with E-state index in [1.165, 1.54) is 6.07 Å². The first kappa shape index (κ1) is 16.0. The summed E-state index contributed by atoms with van der Waals surface area (Å²) < 4.78 is 32.5.